The van der Waals surface area contributed by atoms with Gasteiger partial charge in [0.15, 0.2) is 5.69 Å². The van der Waals surface area contributed by atoms with Crippen LogP contribution in [-0.4, -0.2) is 9.38 Å². The third kappa shape index (κ3) is 1.36. The van der Waals surface area contributed by atoms with E-state index in [1.807, 2.05) is 16.5 Å². The molecule has 0 saturated heterocycles. The third-order valence-electron chi connectivity index (χ3n) is 3.69. The van der Waals surface area contributed by atoms with E-state index in [0.29, 0.717) is 5.69 Å². The molecule has 0 unspecified atom stereocenters. The number of hydrogen-bond acceptors (Lipinski definition) is 2. The topological polar surface area (TPSA) is 41.1 Å². The molecule has 4 aromatic rings. The van der Waals surface area contributed by atoms with Crippen LogP contribution in [-0.2, 0) is 0 Å². The number of hydrogen-bond donors (Lipinski definition) is 0. The number of imidazole rings is 1. The molecule has 3 heteroatoms. The van der Waals surface area contributed by atoms with Gasteiger partial charge in [-0.3, -0.25) is 4.40 Å². The molecule has 2 heterocycles. The molecule has 4 rings (SSSR count). The van der Waals surface area contributed by atoms with Gasteiger partial charge in [-0.2, -0.15) is 5.26 Å². The van der Waals surface area contributed by atoms with Gasteiger partial charge in [-0.25, -0.2) is 4.98 Å². The molecule has 0 spiro atoms. The van der Waals surface area contributed by atoms with Gasteiger partial charge >= 0.3 is 0 Å². The molecule has 0 aliphatic heterocycles. The number of aromatic nitrogens is 2. The molecule has 2 aromatic heterocycles. The Hall–Kier alpha value is -2.86. The van der Waals surface area contributed by atoms with E-state index in [2.05, 4.69) is 48.3 Å². The Bertz CT molecular complexity index is 1020. The van der Waals surface area contributed by atoms with Crippen LogP contribution in [0.3, 0.4) is 0 Å². The molecular weight excluding hydrogens is 246 g/mol. The zero-order valence-corrected chi connectivity index (χ0v) is 11.0. The minimum absolute atomic E-state index is 0.447. The van der Waals surface area contributed by atoms with Crippen molar-refractivity contribution in [2.75, 3.05) is 0 Å². The summed E-state index contributed by atoms with van der Waals surface area (Å²) in [5, 5.41) is 12.5. The Kier molecular flexibility index (Phi) is 2.10. The van der Waals surface area contributed by atoms with Crippen LogP contribution in [0.15, 0.2) is 48.7 Å². The van der Waals surface area contributed by atoms with Crippen LogP contribution in [0.2, 0.25) is 0 Å². The molecule has 20 heavy (non-hydrogen) atoms. The van der Waals surface area contributed by atoms with E-state index in [4.69, 9.17) is 5.26 Å². The summed E-state index contributed by atoms with van der Waals surface area (Å²) in [7, 11) is 0. The standard InChI is InChI=1S/C17H11N3/c1-11-6-7-16-15(8-11)13-4-2-3-5-14(13)17-19-12(9-18)10-20(16)17/h2-8,10H,1H3. The molecule has 0 radical (unpaired) electrons. The molecule has 0 saturated carbocycles. The lowest BCUT2D eigenvalue weighted by molar-refractivity contribution is 1.27. The second-order valence-corrected chi connectivity index (χ2v) is 5.00. The maximum Gasteiger partial charge on any atom is 0.159 e. The second-order valence-electron chi connectivity index (χ2n) is 5.00. The highest BCUT2D eigenvalue weighted by Gasteiger charge is 2.11. The van der Waals surface area contributed by atoms with Crippen molar-refractivity contribution in [2.24, 2.45) is 0 Å². The van der Waals surface area contributed by atoms with Crippen molar-refractivity contribution in [3.05, 3.63) is 59.9 Å². The number of benzene rings is 2. The maximum atomic E-state index is 9.10. The molecule has 0 aliphatic carbocycles. The molecule has 0 amide bonds. The fourth-order valence-electron chi connectivity index (χ4n) is 2.80. The van der Waals surface area contributed by atoms with Gasteiger partial charge in [0.2, 0.25) is 0 Å². The van der Waals surface area contributed by atoms with Gasteiger partial charge in [0.1, 0.15) is 11.7 Å². The van der Waals surface area contributed by atoms with Crippen molar-refractivity contribution in [3.8, 4) is 6.07 Å². The molecule has 94 valence electrons. The normalized spacial score (nSPS) is 11.2. The molecule has 0 fully saturated rings. The molecular formula is C17H11N3. The Morgan fingerprint density at radius 2 is 1.85 bits per heavy atom. The van der Waals surface area contributed by atoms with Crippen molar-refractivity contribution in [3.63, 3.8) is 0 Å². The number of nitriles is 1. The summed E-state index contributed by atoms with van der Waals surface area (Å²) in [5.74, 6) is 0. The molecule has 0 bridgehead atoms. The van der Waals surface area contributed by atoms with Crippen molar-refractivity contribution in [2.45, 2.75) is 6.92 Å². The van der Waals surface area contributed by atoms with Crippen molar-refractivity contribution in [1.29, 1.82) is 5.26 Å². The monoisotopic (exact) mass is 257 g/mol. The van der Waals surface area contributed by atoms with E-state index in [1.54, 1.807) is 6.20 Å². The van der Waals surface area contributed by atoms with E-state index < -0.39 is 0 Å². The molecule has 0 N–H and O–H groups in total. The maximum absolute atomic E-state index is 9.10. The lowest BCUT2D eigenvalue weighted by Crippen LogP contribution is -1.90. The van der Waals surface area contributed by atoms with Crippen molar-refractivity contribution >= 4 is 27.3 Å². The quantitative estimate of drug-likeness (QED) is 0.449. The van der Waals surface area contributed by atoms with Gasteiger partial charge in [0.25, 0.3) is 0 Å². The fraction of sp³-hybridized carbons (Fsp3) is 0.0588. The minimum Gasteiger partial charge on any atom is -0.298 e. The summed E-state index contributed by atoms with van der Waals surface area (Å²) >= 11 is 0. The zero-order valence-electron chi connectivity index (χ0n) is 11.0. The van der Waals surface area contributed by atoms with E-state index in [-0.39, 0.29) is 0 Å². The Morgan fingerprint density at radius 3 is 2.65 bits per heavy atom. The van der Waals surface area contributed by atoms with Gasteiger partial charge in [0.05, 0.1) is 5.52 Å². The SMILES string of the molecule is Cc1ccc2c(c1)c1ccccc1c1nc(C#N)cn21. The molecule has 2 aromatic carbocycles. The summed E-state index contributed by atoms with van der Waals surface area (Å²) in [6.45, 7) is 2.09. The van der Waals surface area contributed by atoms with E-state index in [1.165, 1.54) is 16.3 Å². The third-order valence-corrected chi connectivity index (χ3v) is 3.69. The van der Waals surface area contributed by atoms with E-state index >= 15 is 0 Å². The molecule has 3 nitrogen and oxygen atoms in total. The first kappa shape index (κ1) is 11.0. The largest absolute Gasteiger partial charge is 0.298 e. The van der Waals surface area contributed by atoms with Crippen molar-refractivity contribution < 1.29 is 0 Å². The highest BCUT2D eigenvalue weighted by atomic mass is 15.0. The number of fused-ring (bicyclic) bond motifs is 6. The van der Waals surface area contributed by atoms with Crippen LogP contribution in [0.5, 0.6) is 0 Å². The van der Waals surface area contributed by atoms with Crippen LogP contribution in [0.25, 0.3) is 27.3 Å². The van der Waals surface area contributed by atoms with Crippen LogP contribution < -0.4 is 0 Å². The van der Waals surface area contributed by atoms with Crippen LogP contribution in [0.1, 0.15) is 11.3 Å². The lowest BCUT2D eigenvalue weighted by atomic mass is 10.0. The number of pyridine rings is 1. The van der Waals surface area contributed by atoms with Gasteiger partial charge < -0.3 is 0 Å². The first-order chi connectivity index (χ1) is 9.78. The van der Waals surface area contributed by atoms with E-state index in [0.717, 1.165) is 16.6 Å². The summed E-state index contributed by atoms with van der Waals surface area (Å²) in [6, 6.07) is 16.7. The average molecular weight is 257 g/mol. The first-order valence-electron chi connectivity index (χ1n) is 6.48. The number of nitrogens with zero attached hydrogens (tertiary/aromatic N) is 3. The predicted molar refractivity (Wildman–Crippen MR) is 79.7 cm³/mol. The van der Waals surface area contributed by atoms with E-state index in [9.17, 15) is 0 Å². The summed E-state index contributed by atoms with van der Waals surface area (Å²) < 4.78 is 2.01. The highest BCUT2D eigenvalue weighted by Crippen LogP contribution is 2.29. The van der Waals surface area contributed by atoms with Gasteiger partial charge in [-0.1, -0.05) is 35.9 Å². The van der Waals surface area contributed by atoms with Crippen LogP contribution in [0, 0.1) is 18.3 Å². The predicted octanol–water partition coefficient (Wildman–Crippen LogP) is 3.82. The van der Waals surface area contributed by atoms with Crippen LogP contribution in [0.4, 0.5) is 0 Å². The highest BCUT2D eigenvalue weighted by molar-refractivity contribution is 6.11. The molecule has 0 atom stereocenters. The Morgan fingerprint density at radius 1 is 1.05 bits per heavy atom. The zero-order chi connectivity index (χ0) is 13.7. The summed E-state index contributed by atoms with van der Waals surface area (Å²) in [6.07, 6.45) is 1.80. The second kappa shape index (κ2) is 3.82. The number of aryl methyl sites for hydroxylation is 1. The van der Waals surface area contributed by atoms with Crippen LogP contribution >= 0.6 is 0 Å². The van der Waals surface area contributed by atoms with Gasteiger partial charge in [-0.05, 0) is 24.4 Å². The smallest absolute Gasteiger partial charge is 0.159 e. The molecule has 0 aliphatic rings. The number of rotatable bonds is 0. The summed E-state index contributed by atoms with van der Waals surface area (Å²) in [5.41, 5.74) is 3.60. The lowest BCUT2D eigenvalue weighted by Gasteiger charge is -2.08. The van der Waals surface area contributed by atoms with Crippen molar-refractivity contribution in [1.82, 2.24) is 9.38 Å². The summed E-state index contributed by atoms with van der Waals surface area (Å²) in [4.78, 5) is 4.43. The van der Waals surface area contributed by atoms with Gasteiger partial charge in [-0.15, -0.1) is 0 Å². The Balaban J connectivity index is 2.39. The Labute approximate surface area is 115 Å². The van der Waals surface area contributed by atoms with Gasteiger partial charge in [0, 0.05) is 17.0 Å². The minimum atomic E-state index is 0.447. The average Bonchev–Trinajstić information content (AvgIpc) is 2.92. The fourth-order valence-corrected chi connectivity index (χ4v) is 2.80. The first-order valence-corrected chi connectivity index (χ1v) is 6.48.